The third-order valence-corrected chi connectivity index (χ3v) is 3.00. The van der Waals surface area contributed by atoms with Crippen molar-refractivity contribution in [2.24, 2.45) is 5.73 Å². The van der Waals surface area contributed by atoms with E-state index in [1.54, 1.807) is 26.4 Å². The molecule has 0 saturated heterocycles. The van der Waals surface area contributed by atoms with Gasteiger partial charge in [-0.15, -0.1) is 0 Å². The number of hydrogen-bond acceptors (Lipinski definition) is 6. The number of ether oxygens (including phenoxy) is 2. The molecule has 6 nitrogen and oxygen atoms in total. The fourth-order valence-corrected chi connectivity index (χ4v) is 1.91. The van der Waals surface area contributed by atoms with Crippen LogP contribution in [-0.2, 0) is 0 Å². The van der Waals surface area contributed by atoms with Gasteiger partial charge in [0.15, 0.2) is 17.3 Å². The van der Waals surface area contributed by atoms with E-state index in [0.717, 1.165) is 18.4 Å². The standard InChI is InChI=1S/C14H19N3O3/c1-4-5-10(15)13-16-14(20-17-13)9-6-7-11(18-2)12(8-9)19-3/h6-8,10H,4-5,15H2,1-3H3. The van der Waals surface area contributed by atoms with Gasteiger partial charge in [-0.05, 0) is 24.6 Å². The maximum absolute atomic E-state index is 5.97. The Hall–Kier alpha value is -2.08. The minimum atomic E-state index is -0.197. The van der Waals surface area contributed by atoms with Crippen molar-refractivity contribution in [3.63, 3.8) is 0 Å². The van der Waals surface area contributed by atoms with Crippen LogP contribution >= 0.6 is 0 Å². The second kappa shape index (κ2) is 6.38. The van der Waals surface area contributed by atoms with E-state index in [-0.39, 0.29) is 6.04 Å². The van der Waals surface area contributed by atoms with Crippen molar-refractivity contribution in [1.29, 1.82) is 0 Å². The molecule has 0 aliphatic carbocycles. The van der Waals surface area contributed by atoms with Crippen molar-refractivity contribution in [2.45, 2.75) is 25.8 Å². The minimum absolute atomic E-state index is 0.197. The lowest BCUT2D eigenvalue weighted by Gasteiger charge is -2.07. The summed E-state index contributed by atoms with van der Waals surface area (Å²) in [6.07, 6.45) is 1.80. The number of benzene rings is 1. The van der Waals surface area contributed by atoms with Gasteiger partial charge in [-0.25, -0.2) is 0 Å². The molecule has 2 rings (SSSR count). The van der Waals surface area contributed by atoms with Gasteiger partial charge < -0.3 is 19.7 Å². The van der Waals surface area contributed by atoms with Crippen LogP contribution in [0.2, 0.25) is 0 Å². The van der Waals surface area contributed by atoms with E-state index in [0.29, 0.717) is 23.2 Å². The van der Waals surface area contributed by atoms with Gasteiger partial charge in [-0.1, -0.05) is 18.5 Å². The fourth-order valence-electron chi connectivity index (χ4n) is 1.91. The van der Waals surface area contributed by atoms with Crippen LogP contribution in [0.15, 0.2) is 22.7 Å². The van der Waals surface area contributed by atoms with Crippen LogP contribution in [-0.4, -0.2) is 24.4 Å². The number of aromatic nitrogens is 2. The van der Waals surface area contributed by atoms with Crippen LogP contribution in [0.4, 0.5) is 0 Å². The van der Waals surface area contributed by atoms with Crippen molar-refractivity contribution in [3.05, 3.63) is 24.0 Å². The normalized spacial score (nSPS) is 12.2. The molecule has 108 valence electrons. The van der Waals surface area contributed by atoms with E-state index in [9.17, 15) is 0 Å². The van der Waals surface area contributed by atoms with Crippen molar-refractivity contribution in [3.8, 4) is 23.0 Å². The summed E-state index contributed by atoms with van der Waals surface area (Å²) in [5.74, 6) is 2.21. The van der Waals surface area contributed by atoms with Crippen molar-refractivity contribution < 1.29 is 14.0 Å². The van der Waals surface area contributed by atoms with Crippen LogP contribution in [0, 0.1) is 0 Å². The molecule has 1 heterocycles. The quantitative estimate of drug-likeness (QED) is 0.873. The first-order chi connectivity index (χ1) is 9.69. The number of nitrogens with two attached hydrogens (primary N) is 1. The molecule has 1 aromatic heterocycles. The Morgan fingerprint density at radius 1 is 1.25 bits per heavy atom. The predicted molar refractivity (Wildman–Crippen MR) is 74.7 cm³/mol. The second-order valence-electron chi connectivity index (χ2n) is 4.42. The highest BCUT2D eigenvalue weighted by Gasteiger charge is 2.16. The molecule has 1 aromatic carbocycles. The molecule has 2 aromatic rings. The van der Waals surface area contributed by atoms with E-state index in [2.05, 4.69) is 17.1 Å². The Kier molecular flexibility index (Phi) is 4.57. The molecule has 1 atom stereocenters. The zero-order valence-electron chi connectivity index (χ0n) is 11.9. The average Bonchev–Trinajstić information content (AvgIpc) is 2.96. The van der Waals surface area contributed by atoms with Gasteiger partial charge in [-0.2, -0.15) is 4.98 Å². The highest BCUT2D eigenvalue weighted by molar-refractivity contribution is 5.59. The topological polar surface area (TPSA) is 83.4 Å². The molecule has 0 spiro atoms. The molecule has 0 saturated carbocycles. The molecule has 6 heteroatoms. The summed E-state index contributed by atoms with van der Waals surface area (Å²) in [6, 6.07) is 5.23. The first-order valence-electron chi connectivity index (χ1n) is 6.51. The highest BCUT2D eigenvalue weighted by atomic mass is 16.5. The monoisotopic (exact) mass is 277 g/mol. The highest BCUT2D eigenvalue weighted by Crippen LogP contribution is 2.31. The Morgan fingerprint density at radius 2 is 2.00 bits per heavy atom. The molecule has 2 N–H and O–H groups in total. The van der Waals surface area contributed by atoms with Crippen molar-refractivity contribution in [2.75, 3.05) is 14.2 Å². The maximum atomic E-state index is 5.97. The Labute approximate surface area is 117 Å². The summed E-state index contributed by atoms with van der Waals surface area (Å²) in [5.41, 5.74) is 6.74. The number of methoxy groups -OCH3 is 2. The average molecular weight is 277 g/mol. The molecular formula is C14H19N3O3. The van der Waals surface area contributed by atoms with Crippen LogP contribution in [0.25, 0.3) is 11.5 Å². The molecule has 0 aliphatic rings. The summed E-state index contributed by atoms with van der Waals surface area (Å²) in [4.78, 5) is 4.33. The molecule has 1 unspecified atom stereocenters. The van der Waals surface area contributed by atoms with Gasteiger partial charge in [0.2, 0.25) is 0 Å². The van der Waals surface area contributed by atoms with Crippen molar-refractivity contribution in [1.82, 2.24) is 10.1 Å². The first-order valence-corrected chi connectivity index (χ1v) is 6.51. The summed E-state index contributed by atoms with van der Waals surface area (Å²) >= 11 is 0. The van der Waals surface area contributed by atoms with Crippen LogP contribution in [0.5, 0.6) is 11.5 Å². The van der Waals surface area contributed by atoms with Crippen LogP contribution in [0.3, 0.4) is 0 Å². The van der Waals surface area contributed by atoms with Crippen LogP contribution in [0.1, 0.15) is 31.6 Å². The maximum Gasteiger partial charge on any atom is 0.258 e. The summed E-state index contributed by atoms with van der Waals surface area (Å²) in [6.45, 7) is 2.06. The zero-order valence-corrected chi connectivity index (χ0v) is 11.9. The van der Waals surface area contributed by atoms with E-state index in [1.165, 1.54) is 0 Å². The molecule has 0 fully saturated rings. The summed E-state index contributed by atoms with van der Waals surface area (Å²) in [7, 11) is 3.17. The Morgan fingerprint density at radius 3 is 2.65 bits per heavy atom. The number of hydrogen-bond donors (Lipinski definition) is 1. The van der Waals surface area contributed by atoms with E-state index in [1.807, 2.05) is 6.07 Å². The van der Waals surface area contributed by atoms with E-state index >= 15 is 0 Å². The van der Waals surface area contributed by atoms with Gasteiger partial charge in [0.1, 0.15) is 0 Å². The smallest absolute Gasteiger partial charge is 0.258 e. The number of nitrogens with zero attached hydrogens (tertiary/aromatic N) is 2. The van der Waals surface area contributed by atoms with Crippen LogP contribution < -0.4 is 15.2 Å². The third kappa shape index (κ3) is 2.91. The van der Waals surface area contributed by atoms with Gasteiger partial charge in [0, 0.05) is 5.56 Å². The Balaban J connectivity index is 2.28. The fraction of sp³-hybridized carbons (Fsp3) is 0.429. The lowest BCUT2D eigenvalue weighted by atomic mass is 10.1. The largest absolute Gasteiger partial charge is 0.493 e. The number of rotatable bonds is 6. The Bertz CT molecular complexity index is 569. The second-order valence-corrected chi connectivity index (χ2v) is 4.42. The van der Waals surface area contributed by atoms with Gasteiger partial charge in [-0.3, -0.25) is 0 Å². The molecule has 0 radical (unpaired) electrons. The van der Waals surface area contributed by atoms with Gasteiger partial charge in [0.05, 0.1) is 20.3 Å². The van der Waals surface area contributed by atoms with Gasteiger partial charge >= 0.3 is 0 Å². The lowest BCUT2D eigenvalue weighted by Crippen LogP contribution is -2.11. The third-order valence-electron chi connectivity index (χ3n) is 3.00. The van der Waals surface area contributed by atoms with E-state index < -0.39 is 0 Å². The van der Waals surface area contributed by atoms with E-state index in [4.69, 9.17) is 19.7 Å². The van der Waals surface area contributed by atoms with Crippen molar-refractivity contribution >= 4 is 0 Å². The SMILES string of the molecule is CCCC(N)c1noc(-c2ccc(OC)c(OC)c2)n1. The summed E-state index contributed by atoms with van der Waals surface area (Å²) < 4.78 is 15.7. The first kappa shape index (κ1) is 14.3. The summed E-state index contributed by atoms with van der Waals surface area (Å²) in [5, 5.41) is 3.93. The molecule has 0 aliphatic heterocycles. The van der Waals surface area contributed by atoms with Gasteiger partial charge in [0.25, 0.3) is 5.89 Å². The zero-order chi connectivity index (χ0) is 14.5. The minimum Gasteiger partial charge on any atom is -0.493 e. The molecule has 0 amide bonds. The molecular weight excluding hydrogens is 258 g/mol. The molecule has 0 bridgehead atoms. The molecule has 20 heavy (non-hydrogen) atoms. The lowest BCUT2D eigenvalue weighted by molar-refractivity contribution is 0.354. The predicted octanol–water partition coefficient (Wildman–Crippen LogP) is 2.55.